The van der Waals surface area contributed by atoms with Gasteiger partial charge in [0.2, 0.25) is 5.91 Å². The van der Waals surface area contributed by atoms with Crippen molar-refractivity contribution in [3.63, 3.8) is 0 Å². The molecule has 1 aliphatic heterocycles. The molecule has 7 nitrogen and oxygen atoms in total. The zero-order valence-corrected chi connectivity index (χ0v) is 19.8. The molecule has 1 aliphatic rings. The fraction of sp³-hybridized carbons (Fsp3) is 0.250. The highest BCUT2D eigenvalue weighted by Gasteiger charge is 2.38. The van der Waals surface area contributed by atoms with E-state index >= 15 is 0 Å². The number of benzene rings is 3. The number of hydrogen-bond acceptors (Lipinski definition) is 5. The van der Waals surface area contributed by atoms with Crippen molar-refractivity contribution >= 4 is 17.5 Å². The van der Waals surface area contributed by atoms with Gasteiger partial charge >= 0.3 is 0 Å². The molecule has 1 heterocycles. The molecular formula is C28H29N3O4. The number of hydrogen-bond donors (Lipinski definition) is 2. The summed E-state index contributed by atoms with van der Waals surface area (Å²) in [5, 5.41) is 17.2. The molecular weight excluding hydrogens is 442 g/mol. The van der Waals surface area contributed by atoms with Crippen LogP contribution in [0.25, 0.3) is 11.1 Å². The molecule has 1 fully saturated rings. The number of aryl methyl sites for hydroxylation is 1. The Bertz CT molecular complexity index is 1210. The van der Waals surface area contributed by atoms with Crippen molar-refractivity contribution in [2.75, 3.05) is 20.2 Å². The normalized spacial score (nSPS) is 17.3. The smallest absolute Gasteiger partial charge is 0.254 e. The van der Waals surface area contributed by atoms with Gasteiger partial charge in [0.1, 0.15) is 13.2 Å². The van der Waals surface area contributed by atoms with E-state index in [1.54, 1.807) is 24.3 Å². The summed E-state index contributed by atoms with van der Waals surface area (Å²) in [5.74, 6) is -0.599. The molecule has 180 valence electrons. The quantitative estimate of drug-likeness (QED) is 0.514. The Morgan fingerprint density at radius 3 is 2.43 bits per heavy atom. The molecule has 0 radical (unpaired) electrons. The summed E-state index contributed by atoms with van der Waals surface area (Å²) in [6.07, 6.45) is -0.569. The summed E-state index contributed by atoms with van der Waals surface area (Å²) >= 11 is 0. The lowest BCUT2D eigenvalue weighted by molar-refractivity contribution is -0.125. The van der Waals surface area contributed by atoms with Gasteiger partial charge in [-0.15, -0.1) is 0 Å². The molecule has 1 unspecified atom stereocenters. The maximum absolute atomic E-state index is 13.4. The summed E-state index contributed by atoms with van der Waals surface area (Å²) in [5.41, 5.74) is 5.09. The van der Waals surface area contributed by atoms with Crippen molar-refractivity contribution in [2.45, 2.75) is 25.5 Å². The molecule has 4 rings (SSSR count). The lowest BCUT2D eigenvalue weighted by atomic mass is 9.99. The van der Waals surface area contributed by atoms with E-state index in [9.17, 15) is 14.7 Å². The Balaban J connectivity index is 1.49. The number of rotatable bonds is 7. The third kappa shape index (κ3) is 5.58. The van der Waals surface area contributed by atoms with Crippen molar-refractivity contribution in [2.24, 2.45) is 5.16 Å². The van der Waals surface area contributed by atoms with Crippen molar-refractivity contribution < 1.29 is 19.5 Å². The second kappa shape index (κ2) is 11.0. The summed E-state index contributed by atoms with van der Waals surface area (Å²) in [7, 11) is 1.44. The van der Waals surface area contributed by atoms with E-state index in [-0.39, 0.29) is 31.3 Å². The topological polar surface area (TPSA) is 91.2 Å². The lowest BCUT2D eigenvalue weighted by Crippen LogP contribution is -2.46. The van der Waals surface area contributed by atoms with Crippen molar-refractivity contribution in [3.05, 3.63) is 95.6 Å². The average molecular weight is 472 g/mol. The van der Waals surface area contributed by atoms with Gasteiger partial charge in [-0.2, -0.15) is 0 Å². The third-order valence-electron chi connectivity index (χ3n) is 6.18. The molecule has 1 saturated heterocycles. The number of carbonyl (C=O) groups is 2. The van der Waals surface area contributed by atoms with Crippen LogP contribution in [-0.2, 0) is 9.63 Å². The number of nitrogens with zero attached hydrogens (tertiary/aromatic N) is 2. The van der Waals surface area contributed by atoms with Gasteiger partial charge in [-0.25, -0.2) is 0 Å². The molecule has 2 atom stereocenters. The lowest BCUT2D eigenvalue weighted by Gasteiger charge is -2.24. The highest BCUT2D eigenvalue weighted by atomic mass is 16.6. The Morgan fingerprint density at radius 2 is 1.74 bits per heavy atom. The van der Waals surface area contributed by atoms with E-state index in [0.29, 0.717) is 16.8 Å². The third-order valence-corrected chi connectivity index (χ3v) is 6.18. The number of aliphatic hydroxyl groups is 1. The minimum atomic E-state index is -0.841. The van der Waals surface area contributed by atoms with Gasteiger partial charge in [-0.3, -0.25) is 9.59 Å². The van der Waals surface area contributed by atoms with E-state index < -0.39 is 12.1 Å². The number of carbonyl (C=O) groups excluding carboxylic acids is 2. The molecule has 0 saturated carbocycles. The van der Waals surface area contributed by atoms with Crippen molar-refractivity contribution in [3.8, 4) is 11.1 Å². The first kappa shape index (κ1) is 24.2. The molecule has 0 aromatic heterocycles. The standard InChI is InChI=1S/C28H29N3O4/c1-19-8-6-7-11-24(19)20-12-14-22(15-13-20)28(34)31-18-23(30-35-2)16-25(31)27(33)29-17-26(32)21-9-4-3-5-10-21/h3-15,25-26,32H,16-18H2,1-2H3,(H,29,33)/t25?,26-/m0/s1. The number of likely N-dealkylation sites (tertiary alicyclic amines) is 1. The van der Waals surface area contributed by atoms with Crippen LogP contribution in [0.3, 0.4) is 0 Å². The van der Waals surface area contributed by atoms with E-state index in [4.69, 9.17) is 4.84 Å². The van der Waals surface area contributed by atoms with Gasteiger partial charge in [-0.05, 0) is 41.3 Å². The first-order chi connectivity index (χ1) is 17.0. The summed E-state index contributed by atoms with van der Waals surface area (Å²) in [6.45, 7) is 2.29. The number of amides is 2. The highest BCUT2D eigenvalue weighted by Crippen LogP contribution is 2.25. The van der Waals surface area contributed by atoms with Gasteiger partial charge in [0.25, 0.3) is 5.91 Å². The van der Waals surface area contributed by atoms with E-state index in [0.717, 1.165) is 16.7 Å². The fourth-order valence-electron chi connectivity index (χ4n) is 4.31. The summed E-state index contributed by atoms with van der Waals surface area (Å²) in [4.78, 5) is 32.8. The van der Waals surface area contributed by atoms with Crippen molar-refractivity contribution in [1.29, 1.82) is 0 Å². The van der Waals surface area contributed by atoms with Gasteiger partial charge in [0, 0.05) is 18.5 Å². The van der Waals surface area contributed by atoms with Crippen LogP contribution < -0.4 is 5.32 Å². The molecule has 0 spiro atoms. The van der Waals surface area contributed by atoms with Gasteiger partial charge in [0.15, 0.2) is 0 Å². The highest BCUT2D eigenvalue weighted by molar-refractivity contribution is 6.05. The Labute approximate surface area is 205 Å². The van der Waals surface area contributed by atoms with Crippen LogP contribution in [-0.4, -0.2) is 53.8 Å². The second-order valence-electron chi connectivity index (χ2n) is 8.56. The van der Waals surface area contributed by atoms with Gasteiger partial charge < -0.3 is 20.2 Å². The average Bonchev–Trinajstić information content (AvgIpc) is 3.32. The van der Waals surface area contributed by atoms with Crippen LogP contribution in [0.1, 0.15) is 34.0 Å². The minimum Gasteiger partial charge on any atom is -0.399 e. The number of oxime groups is 1. The van der Waals surface area contributed by atoms with E-state index in [1.165, 1.54) is 12.0 Å². The maximum Gasteiger partial charge on any atom is 0.254 e. The van der Waals surface area contributed by atoms with Crippen LogP contribution in [0, 0.1) is 6.92 Å². The summed E-state index contributed by atoms with van der Waals surface area (Å²) in [6, 6.07) is 23.8. The zero-order valence-electron chi connectivity index (χ0n) is 19.8. The first-order valence-corrected chi connectivity index (χ1v) is 11.5. The van der Waals surface area contributed by atoms with Gasteiger partial charge in [-0.1, -0.05) is 71.9 Å². The maximum atomic E-state index is 13.4. The van der Waals surface area contributed by atoms with E-state index in [1.807, 2.05) is 61.5 Å². The Kier molecular flexibility index (Phi) is 7.57. The molecule has 0 bridgehead atoms. The zero-order chi connectivity index (χ0) is 24.8. The number of aliphatic hydroxyl groups excluding tert-OH is 1. The van der Waals surface area contributed by atoms with Crippen LogP contribution in [0.2, 0.25) is 0 Å². The van der Waals surface area contributed by atoms with E-state index in [2.05, 4.69) is 10.5 Å². The largest absolute Gasteiger partial charge is 0.399 e. The SMILES string of the molecule is CON=C1CC(C(=O)NC[C@H](O)c2ccccc2)N(C(=O)c2ccc(-c3ccccc3C)cc2)C1. The first-order valence-electron chi connectivity index (χ1n) is 11.5. The van der Waals surface area contributed by atoms with Crippen LogP contribution in [0.4, 0.5) is 0 Å². The molecule has 7 heteroatoms. The summed E-state index contributed by atoms with van der Waals surface area (Å²) < 4.78 is 0. The predicted octanol–water partition coefficient (Wildman–Crippen LogP) is 3.73. The van der Waals surface area contributed by atoms with Crippen LogP contribution in [0.15, 0.2) is 84.0 Å². The number of nitrogens with one attached hydrogen (secondary N) is 1. The molecule has 0 aliphatic carbocycles. The fourth-order valence-corrected chi connectivity index (χ4v) is 4.31. The van der Waals surface area contributed by atoms with Crippen LogP contribution in [0.5, 0.6) is 0 Å². The predicted molar refractivity (Wildman–Crippen MR) is 135 cm³/mol. The molecule has 35 heavy (non-hydrogen) atoms. The Hall–Kier alpha value is -3.97. The monoisotopic (exact) mass is 471 g/mol. The molecule has 2 N–H and O–H groups in total. The molecule has 3 aromatic carbocycles. The second-order valence-corrected chi connectivity index (χ2v) is 8.56. The Morgan fingerprint density at radius 1 is 1.06 bits per heavy atom. The van der Waals surface area contributed by atoms with Gasteiger partial charge in [0.05, 0.1) is 18.4 Å². The molecule has 2 amide bonds. The minimum absolute atomic E-state index is 0.0449. The van der Waals surface area contributed by atoms with Crippen LogP contribution >= 0.6 is 0 Å². The molecule has 3 aromatic rings. The van der Waals surface area contributed by atoms with Crippen molar-refractivity contribution in [1.82, 2.24) is 10.2 Å².